The molecule has 0 bridgehead atoms. The van der Waals surface area contributed by atoms with Crippen molar-refractivity contribution in [2.45, 2.75) is 12.1 Å². The van der Waals surface area contributed by atoms with Gasteiger partial charge in [0.05, 0.1) is 6.04 Å². The molecule has 0 saturated carbocycles. The predicted octanol–water partition coefficient (Wildman–Crippen LogP) is -0.154. The van der Waals surface area contributed by atoms with Crippen LogP contribution in [-0.4, -0.2) is 55.2 Å². The fraction of sp³-hybridized carbons (Fsp3) is 0.500. The lowest BCUT2D eigenvalue weighted by molar-refractivity contribution is -0.127. The first kappa shape index (κ1) is 13.2. The van der Waals surface area contributed by atoms with Gasteiger partial charge in [-0.3, -0.25) is 9.69 Å². The molecule has 0 spiro atoms. The largest absolute Gasteiger partial charge is 0.508 e. The number of piperazine rings is 1. The number of benzene rings is 1. The van der Waals surface area contributed by atoms with Crippen LogP contribution in [0, 0.1) is 0 Å². The lowest BCUT2D eigenvalue weighted by Gasteiger charge is -2.38. The number of rotatable bonds is 2. The minimum Gasteiger partial charge on any atom is -0.508 e. The second kappa shape index (κ2) is 5.30. The van der Waals surface area contributed by atoms with Crippen LogP contribution in [0.3, 0.4) is 0 Å². The van der Waals surface area contributed by atoms with Gasteiger partial charge in [0.15, 0.2) is 0 Å². The lowest BCUT2D eigenvalue weighted by Crippen LogP contribution is -2.58. The molecule has 3 rings (SSSR count). The highest BCUT2D eigenvalue weighted by atomic mass is 16.5. The summed E-state index contributed by atoms with van der Waals surface area (Å²) in [4.78, 5) is 14.2. The minimum absolute atomic E-state index is 0.0180. The molecule has 20 heavy (non-hydrogen) atoms. The standard InChI is InChI=1S/C14H19N3O3/c1-15-14(19)11-7-16-4-5-17(11)12-8-20-13-6-9(18)2-3-10(12)13/h2-3,6,11-12,16,18H,4-5,7-8H2,1H3,(H,15,19). The summed E-state index contributed by atoms with van der Waals surface area (Å²) in [5, 5.41) is 15.5. The third-order valence-corrected chi connectivity index (χ3v) is 3.99. The zero-order chi connectivity index (χ0) is 14.1. The van der Waals surface area contributed by atoms with Crippen molar-refractivity contribution in [1.82, 2.24) is 15.5 Å². The summed E-state index contributed by atoms with van der Waals surface area (Å²) in [7, 11) is 1.66. The molecule has 2 unspecified atom stereocenters. The van der Waals surface area contributed by atoms with Crippen LogP contribution in [-0.2, 0) is 4.79 Å². The van der Waals surface area contributed by atoms with Crippen LogP contribution in [0.5, 0.6) is 11.5 Å². The Morgan fingerprint density at radius 2 is 2.40 bits per heavy atom. The fourth-order valence-corrected chi connectivity index (χ4v) is 2.96. The van der Waals surface area contributed by atoms with Gasteiger partial charge in [-0.1, -0.05) is 0 Å². The van der Waals surface area contributed by atoms with Crippen molar-refractivity contribution in [3.05, 3.63) is 23.8 Å². The van der Waals surface area contributed by atoms with E-state index in [2.05, 4.69) is 15.5 Å². The van der Waals surface area contributed by atoms with Gasteiger partial charge in [-0.25, -0.2) is 0 Å². The average molecular weight is 277 g/mol. The van der Waals surface area contributed by atoms with Crippen molar-refractivity contribution >= 4 is 5.91 Å². The number of carbonyl (C=O) groups is 1. The van der Waals surface area contributed by atoms with E-state index in [1.54, 1.807) is 19.2 Å². The second-order valence-electron chi connectivity index (χ2n) is 5.12. The van der Waals surface area contributed by atoms with Crippen LogP contribution < -0.4 is 15.4 Å². The van der Waals surface area contributed by atoms with E-state index in [0.29, 0.717) is 18.9 Å². The molecule has 3 N–H and O–H groups in total. The molecule has 1 amide bonds. The van der Waals surface area contributed by atoms with E-state index in [0.717, 1.165) is 18.7 Å². The van der Waals surface area contributed by atoms with Crippen LogP contribution in [0.4, 0.5) is 0 Å². The summed E-state index contributed by atoms with van der Waals surface area (Å²) in [5.74, 6) is 0.932. The molecule has 2 aliphatic heterocycles. The first-order chi connectivity index (χ1) is 9.70. The Hall–Kier alpha value is -1.79. The van der Waals surface area contributed by atoms with Gasteiger partial charge in [-0.05, 0) is 12.1 Å². The molecule has 1 saturated heterocycles. The number of aromatic hydroxyl groups is 1. The molecule has 2 atom stereocenters. The van der Waals surface area contributed by atoms with Gasteiger partial charge in [0.2, 0.25) is 5.91 Å². The molecule has 6 heteroatoms. The topological polar surface area (TPSA) is 73.8 Å². The van der Waals surface area contributed by atoms with Gasteiger partial charge < -0.3 is 20.5 Å². The zero-order valence-electron chi connectivity index (χ0n) is 11.4. The first-order valence-electron chi connectivity index (χ1n) is 6.84. The van der Waals surface area contributed by atoms with Gasteiger partial charge >= 0.3 is 0 Å². The van der Waals surface area contributed by atoms with Crippen molar-refractivity contribution < 1.29 is 14.6 Å². The molecule has 108 valence electrons. The van der Waals surface area contributed by atoms with E-state index in [1.165, 1.54) is 0 Å². The number of hydrogen-bond acceptors (Lipinski definition) is 5. The molecule has 1 aromatic carbocycles. The molecule has 6 nitrogen and oxygen atoms in total. The summed E-state index contributed by atoms with van der Waals surface area (Å²) in [6.45, 7) is 2.82. The molecule has 0 radical (unpaired) electrons. The summed E-state index contributed by atoms with van der Waals surface area (Å²) < 4.78 is 5.65. The summed E-state index contributed by atoms with van der Waals surface area (Å²) >= 11 is 0. The highest BCUT2D eigenvalue weighted by Crippen LogP contribution is 2.39. The maximum absolute atomic E-state index is 12.0. The van der Waals surface area contributed by atoms with Gasteiger partial charge in [0, 0.05) is 38.3 Å². The minimum atomic E-state index is -0.192. The van der Waals surface area contributed by atoms with Crippen molar-refractivity contribution in [3.8, 4) is 11.5 Å². The van der Waals surface area contributed by atoms with Crippen molar-refractivity contribution in [2.24, 2.45) is 0 Å². The van der Waals surface area contributed by atoms with Crippen LogP contribution >= 0.6 is 0 Å². The Bertz CT molecular complexity index is 520. The van der Waals surface area contributed by atoms with E-state index in [1.807, 2.05) is 6.07 Å². The monoisotopic (exact) mass is 277 g/mol. The first-order valence-corrected chi connectivity index (χ1v) is 6.84. The van der Waals surface area contributed by atoms with E-state index in [9.17, 15) is 9.90 Å². The number of phenolic OH excluding ortho intramolecular Hbond substituents is 1. The maximum atomic E-state index is 12.0. The Labute approximate surface area is 117 Å². The number of phenols is 1. The normalized spacial score (nSPS) is 25.9. The number of nitrogens with one attached hydrogen (secondary N) is 2. The molecular weight excluding hydrogens is 258 g/mol. The summed E-state index contributed by atoms with van der Waals surface area (Å²) in [5.41, 5.74) is 1.04. The number of hydrogen-bond donors (Lipinski definition) is 3. The Morgan fingerprint density at radius 3 is 3.20 bits per heavy atom. The number of nitrogens with zero attached hydrogens (tertiary/aromatic N) is 1. The molecule has 0 aromatic heterocycles. The van der Waals surface area contributed by atoms with Gasteiger partial charge in [-0.15, -0.1) is 0 Å². The predicted molar refractivity (Wildman–Crippen MR) is 73.8 cm³/mol. The number of fused-ring (bicyclic) bond motifs is 1. The molecule has 2 heterocycles. The number of ether oxygens (including phenoxy) is 1. The van der Waals surface area contributed by atoms with E-state index >= 15 is 0 Å². The Kier molecular flexibility index (Phi) is 3.50. The van der Waals surface area contributed by atoms with Gasteiger partial charge in [-0.2, -0.15) is 0 Å². The quantitative estimate of drug-likeness (QED) is 0.701. The van der Waals surface area contributed by atoms with E-state index < -0.39 is 0 Å². The SMILES string of the molecule is CNC(=O)C1CNCCN1C1COc2cc(O)ccc21. The zero-order valence-corrected chi connectivity index (χ0v) is 11.4. The van der Waals surface area contributed by atoms with E-state index in [-0.39, 0.29) is 23.7 Å². The summed E-state index contributed by atoms with van der Waals surface area (Å²) in [6.07, 6.45) is 0. The highest BCUT2D eigenvalue weighted by molar-refractivity contribution is 5.82. The molecular formula is C14H19N3O3. The van der Waals surface area contributed by atoms with E-state index in [4.69, 9.17) is 4.74 Å². The Morgan fingerprint density at radius 1 is 1.55 bits per heavy atom. The fourth-order valence-electron chi connectivity index (χ4n) is 2.96. The third-order valence-electron chi connectivity index (χ3n) is 3.99. The number of likely N-dealkylation sites (N-methyl/N-ethyl adjacent to an activating group) is 1. The number of amides is 1. The molecule has 2 aliphatic rings. The average Bonchev–Trinajstić information content (AvgIpc) is 2.89. The van der Waals surface area contributed by atoms with Crippen LogP contribution in [0.25, 0.3) is 0 Å². The van der Waals surface area contributed by atoms with Gasteiger partial charge in [0.25, 0.3) is 0 Å². The van der Waals surface area contributed by atoms with Crippen LogP contribution in [0.15, 0.2) is 18.2 Å². The van der Waals surface area contributed by atoms with Gasteiger partial charge in [0.1, 0.15) is 24.1 Å². The summed E-state index contributed by atoms with van der Waals surface area (Å²) in [6, 6.07) is 5.05. The van der Waals surface area contributed by atoms with Crippen molar-refractivity contribution in [1.29, 1.82) is 0 Å². The number of carbonyl (C=O) groups excluding carboxylic acids is 1. The highest BCUT2D eigenvalue weighted by Gasteiger charge is 2.37. The molecule has 1 aromatic rings. The Balaban J connectivity index is 1.87. The van der Waals surface area contributed by atoms with Crippen molar-refractivity contribution in [2.75, 3.05) is 33.3 Å². The molecule has 1 fully saturated rings. The lowest BCUT2D eigenvalue weighted by atomic mass is 10.0. The smallest absolute Gasteiger partial charge is 0.238 e. The second-order valence-corrected chi connectivity index (χ2v) is 5.12. The van der Waals surface area contributed by atoms with Crippen molar-refractivity contribution in [3.63, 3.8) is 0 Å². The maximum Gasteiger partial charge on any atom is 0.238 e. The van der Waals surface area contributed by atoms with Crippen LogP contribution in [0.1, 0.15) is 11.6 Å². The third kappa shape index (κ3) is 2.21. The van der Waals surface area contributed by atoms with Crippen LogP contribution in [0.2, 0.25) is 0 Å². The molecule has 0 aliphatic carbocycles.